The summed E-state index contributed by atoms with van der Waals surface area (Å²) >= 11 is 1.51. The number of hydrazine groups is 1. The van der Waals surface area contributed by atoms with Crippen molar-refractivity contribution in [2.75, 3.05) is 28.3 Å². The van der Waals surface area contributed by atoms with Crippen LogP contribution in [0.5, 0.6) is 5.75 Å². The molecule has 28 heavy (non-hydrogen) atoms. The maximum absolute atomic E-state index is 12.8. The van der Waals surface area contributed by atoms with E-state index >= 15 is 0 Å². The Morgan fingerprint density at radius 1 is 1.18 bits per heavy atom. The minimum atomic E-state index is -0.556. The van der Waals surface area contributed by atoms with Gasteiger partial charge < -0.3 is 19.1 Å². The first-order chi connectivity index (χ1) is 13.5. The van der Waals surface area contributed by atoms with Crippen LogP contribution in [-0.4, -0.2) is 50.5 Å². The van der Waals surface area contributed by atoms with Gasteiger partial charge in [0.15, 0.2) is 5.75 Å². The summed E-state index contributed by atoms with van der Waals surface area (Å²) in [6.45, 7) is 0. The lowest BCUT2D eigenvalue weighted by atomic mass is 10.1. The first-order valence-electron chi connectivity index (χ1n) is 8.21. The fraction of sp³-hybridized carbons (Fsp3) is 0.222. The topological polar surface area (TPSA) is 84.9 Å². The van der Waals surface area contributed by atoms with Crippen LogP contribution in [0.4, 0.5) is 0 Å². The highest BCUT2D eigenvalue weighted by Crippen LogP contribution is 2.34. The quantitative estimate of drug-likeness (QED) is 0.736. The van der Waals surface area contributed by atoms with Gasteiger partial charge in [0.25, 0.3) is 0 Å². The Labute approximate surface area is 166 Å². The number of ether oxygens (including phenoxy) is 2. The van der Waals surface area contributed by atoms with Gasteiger partial charge in [-0.1, -0.05) is 23.3 Å². The molecular formula is C18H20N4O5S. The van der Waals surface area contributed by atoms with E-state index in [1.807, 2.05) is 23.6 Å². The SMILES string of the molecule is COC1=CC(OC)=NN(Oc2cccc(-c3cccs3)c2C(=O)ON(C)C)N1. The molecule has 2 heterocycles. The zero-order valence-corrected chi connectivity index (χ0v) is 16.6. The van der Waals surface area contributed by atoms with Gasteiger partial charge in [0, 0.05) is 24.5 Å². The van der Waals surface area contributed by atoms with Crippen molar-refractivity contribution in [3.63, 3.8) is 0 Å². The van der Waals surface area contributed by atoms with Gasteiger partial charge in [-0.2, -0.15) is 0 Å². The highest BCUT2D eigenvalue weighted by molar-refractivity contribution is 7.13. The third-order valence-corrected chi connectivity index (χ3v) is 4.45. The second-order valence-corrected chi connectivity index (χ2v) is 6.63. The van der Waals surface area contributed by atoms with E-state index in [1.165, 1.54) is 30.6 Å². The fourth-order valence-electron chi connectivity index (χ4n) is 2.39. The number of carbonyl (C=O) groups is 1. The fourth-order valence-corrected chi connectivity index (χ4v) is 3.15. The van der Waals surface area contributed by atoms with E-state index in [4.69, 9.17) is 19.1 Å². The van der Waals surface area contributed by atoms with Crippen molar-refractivity contribution >= 4 is 23.2 Å². The Kier molecular flexibility index (Phi) is 6.02. The molecule has 1 N–H and O–H groups in total. The predicted molar refractivity (Wildman–Crippen MR) is 104 cm³/mol. The summed E-state index contributed by atoms with van der Waals surface area (Å²) in [5.41, 5.74) is 3.76. The summed E-state index contributed by atoms with van der Waals surface area (Å²) in [6.07, 6.45) is 1.56. The zero-order valence-electron chi connectivity index (χ0n) is 15.8. The van der Waals surface area contributed by atoms with Crippen LogP contribution in [0.1, 0.15) is 10.4 Å². The zero-order chi connectivity index (χ0) is 20.1. The second kappa shape index (κ2) is 8.63. The molecule has 0 fully saturated rings. The smallest absolute Gasteiger partial charge is 0.361 e. The summed E-state index contributed by atoms with van der Waals surface area (Å²) in [7, 11) is 6.22. The summed E-state index contributed by atoms with van der Waals surface area (Å²) in [5.74, 6) is 0.322. The molecule has 2 aromatic rings. The number of hydrogen-bond donors (Lipinski definition) is 1. The van der Waals surface area contributed by atoms with E-state index in [0.717, 1.165) is 10.2 Å². The number of nitrogens with zero attached hydrogens (tertiary/aromatic N) is 3. The highest BCUT2D eigenvalue weighted by Gasteiger charge is 2.25. The molecular weight excluding hydrogens is 384 g/mol. The Hall–Kier alpha value is -3.24. The standard InChI is InChI=1S/C18H20N4O5S/c1-21(2)27-18(23)17-12(14-9-6-10-28-14)7-5-8-13(17)26-22-19-15(24-3)11-16(20-22)25-4/h5-11,19H,1-4H3. The van der Waals surface area contributed by atoms with Crippen LogP contribution in [0, 0.1) is 0 Å². The number of hydrogen-bond acceptors (Lipinski definition) is 10. The minimum absolute atomic E-state index is 0.252. The average molecular weight is 404 g/mol. The molecule has 0 amide bonds. The van der Waals surface area contributed by atoms with E-state index in [2.05, 4.69) is 10.5 Å². The summed E-state index contributed by atoms with van der Waals surface area (Å²) in [6, 6.07) is 9.10. The molecule has 10 heteroatoms. The number of carbonyl (C=O) groups excluding carboxylic acids is 1. The maximum atomic E-state index is 12.8. The highest BCUT2D eigenvalue weighted by atomic mass is 32.1. The van der Waals surface area contributed by atoms with Crippen LogP contribution < -0.4 is 10.3 Å². The Bertz CT molecular complexity index is 895. The average Bonchev–Trinajstić information content (AvgIpc) is 3.21. The van der Waals surface area contributed by atoms with Crippen LogP contribution in [0.2, 0.25) is 0 Å². The monoisotopic (exact) mass is 404 g/mol. The lowest BCUT2D eigenvalue weighted by Crippen LogP contribution is -2.40. The lowest BCUT2D eigenvalue weighted by molar-refractivity contribution is -0.113. The van der Waals surface area contributed by atoms with Crippen molar-refractivity contribution < 1.29 is 23.9 Å². The van der Waals surface area contributed by atoms with Crippen molar-refractivity contribution in [2.24, 2.45) is 5.10 Å². The van der Waals surface area contributed by atoms with Crippen LogP contribution in [-0.2, 0) is 14.3 Å². The normalized spacial score (nSPS) is 13.4. The van der Waals surface area contributed by atoms with Crippen LogP contribution in [0.15, 0.2) is 52.8 Å². The molecule has 9 nitrogen and oxygen atoms in total. The molecule has 0 saturated carbocycles. The number of nitrogens with one attached hydrogen (secondary N) is 1. The van der Waals surface area contributed by atoms with Crippen LogP contribution in [0.3, 0.4) is 0 Å². The van der Waals surface area contributed by atoms with Gasteiger partial charge in [-0.15, -0.1) is 16.4 Å². The Balaban J connectivity index is 1.99. The van der Waals surface area contributed by atoms with Gasteiger partial charge in [-0.3, -0.25) is 0 Å². The van der Waals surface area contributed by atoms with E-state index in [-0.39, 0.29) is 17.2 Å². The lowest BCUT2D eigenvalue weighted by Gasteiger charge is -2.25. The molecule has 1 aromatic carbocycles. The molecule has 0 saturated heterocycles. The van der Waals surface area contributed by atoms with E-state index in [0.29, 0.717) is 11.4 Å². The minimum Gasteiger partial charge on any atom is -0.481 e. The van der Waals surface area contributed by atoms with Gasteiger partial charge in [0.1, 0.15) is 5.56 Å². The molecule has 0 atom stereocenters. The Morgan fingerprint density at radius 3 is 2.64 bits per heavy atom. The summed E-state index contributed by atoms with van der Waals surface area (Å²) < 4.78 is 10.3. The third-order valence-electron chi connectivity index (χ3n) is 3.55. The molecule has 148 valence electrons. The van der Waals surface area contributed by atoms with Crippen LogP contribution in [0.25, 0.3) is 10.4 Å². The number of thiophene rings is 1. The molecule has 1 aromatic heterocycles. The first kappa shape index (κ1) is 19.5. The van der Waals surface area contributed by atoms with Crippen molar-refractivity contribution in [2.45, 2.75) is 0 Å². The summed E-state index contributed by atoms with van der Waals surface area (Å²) in [4.78, 5) is 24.8. The van der Waals surface area contributed by atoms with Gasteiger partial charge in [-0.05, 0) is 22.8 Å². The number of benzene rings is 1. The van der Waals surface area contributed by atoms with Crippen molar-refractivity contribution in [3.05, 3.63) is 53.2 Å². The van der Waals surface area contributed by atoms with E-state index in [9.17, 15) is 4.79 Å². The van der Waals surface area contributed by atoms with Crippen molar-refractivity contribution in [1.29, 1.82) is 0 Å². The molecule has 0 radical (unpaired) electrons. The number of methoxy groups -OCH3 is 2. The van der Waals surface area contributed by atoms with Gasteiger partial charge in [0.05, 0.1) is 20.3 Å². The van der Waals surface area contributed by atoms with Gasteiger partial charge in [0.2, 0.25) is 11.8 Å². The Morgan fingerprint density at radius 2 is 2.00 bits per heavy atom. The van der Waals surface area contributed by atoms with Crippen molar-refractivity contribution in [1.82, 2.24) is 15.8 Å². The summed E-state index contributed by atoms with van der Waals surface area (Å²) in [5, 5.41) is 8.43. The van der Waals surface area contributed by atoms with Gasteiger partial charge in [-0.25, -0.2) is 10.2 Å². The van der Waals surface area contributed by atoms with Crippen LogP contribution >= 0.6 is 11.3 Å². The van der Waals surface area contributed by atoms with Gasteiger partial charge >= 0.3 is 5.97 Å². The number of rotatable bonds is 6. The molecule has 0 aliphatic carbocycles. The molecule has 1 aliphatic rings. The molecule has 0 unspecified atom stereocenters. The largest absolute Gasteiger partial charge is 0.481 e. The van der Waals surface area contributed by atoms with E-state index in [1.54, 1.807) is 32.3 Å². The second-order valence-electron chi connectivity index (χ2n) is 5.68. The molecule has 0 bridgehead atoms. The third kappa shape index (κ3) is 4.35. The van der Waals surface area contributed by atoms with E-state index < -0.39 is 5.97 Å². The first-order valence-corrected chi connectivity index (χ1v) is 9.09. The number of hydroxylamine groups is 2. The van der Waals surface area contributed by atoms with Crippen molar-refractivity contribution in [3.8, 4) is 16.2 Å². The molecule has 3 rings (SSSR count). The molecule has 1 aliphatic heterocycles. The maximum Gasteiger partial charge on any atom is 0.361 e. The predicted octanol–water partition coefficient (Wildman–Crippen LogP) is 2.61. The number of hydrazone groups is 1. The molecule has 0 spiro atoms.